The Morgan fingerprint density at radius 1 is 0.360 bits per heavy atom. The molecule has 0 amide bonds. The van der Waals surface area contributed by atoms with Gasteiger partial charge in [0.05, 0.1) is 0 Å². The lowest BCUT2D eigenvalue weighted by Crippen LogP contribution is -2.09. The van der Waals surface area contributed by atoms with E-state index in [9.17, 15) is 5.53 Å². The molecule has 0 aliphatic carbocycles. The third kappa shape index (κ3) is 11.3. The molecule has 2 aromatic rings. The predicted octanol–water partition coefficient (Wildman–Crippen LogP) is 15.3. The van der Waals surface area contributed by atoms with Crippen molar-refractivity contribution in [2.45, 2.75) is 209 Å². The van der Waals surface area contributed by atoms with Crippen LogP contribution in [0.5, 0.6) is 0 Å². The maximum atomic E-state index is 12.7. The van der Waals surface area contributed by atoms with Gasteiger partial charge in [-0.3, -0.25) is 0 Å². The van der Waals surface area contributed by atoms with E-state index >= 15 is 0 Å². The van der Waals surface area contributed by atoms with Crippen LogP contribution in [0, 0.1) is 0 Å². The molecule has 0 radical (unpaired) electrons. The Balaban J connectivity index is 2.33. The number of benzene rings is 2. The summed E-state index contributed by atoms with van der Waals surface area (Å²) < 4.78 is 1.69. The van der Waals surface area contributed by atoms with Crippen LogP contribution < -0.4 is 0 Å². The molecule has 2 nitrogen and oxygen atoms in total. The summed E-state index contributed by atoms with van der Waals surface area (Å²) in [6.07, 6.45) is 28.3. The van der Waals surface area contributed by atoms with Crippen molar-refractivity contribution in [2.24, 2.45) is 0 Å². The second-order valence-electron chi connectivity index (χ2n) is 15.3. The van der Waals surface area contributed by atoms with E-state index in [4.69, 9.17) is 0 Å². The van der Waals surface area contributed by atoms with E-state index in [0.29, 0.717) is 0 Å². The van der Waals surface area contributed by atoms with Crippen molar-refractivity contribution in [1.82, 2.24) is 0 Å². The topological polar surface area (TPSA) is 25.3 Å². The second kappa shape index (κ2) is 23.2. The average Bonchev–Trinajstić information content (AvgIpc) is 3.39. The first-order valence-electron chi connectivity index (χ1n) is 21.7. The van der Waals surface area contributed by atoms with E-state index in [1.54, 1.807) is 27.0 Å². The predicted molar refractivity (Wildman–Crippen MR) is 221 cm³/mol. The third-order valence-corrected chi connectivity index (χ3v) is 11.0. The maximum absolute atomic E-state index is 12.7. The van der Waals surface area contributed by atoms with Gasteiger partial charge in [-0.1, -0.05) is 126 Å². The molecule has 1 aliphatic heterocycles. The zero-order valence-electron chi connectivity index (χ0n) is 34.2. The summed E-state index contributed by atoms with van der Waals surface area (Å²) in [5.74, 6) is 0. The van der Waals surface area contributed by atoms with Crippen LogP contribution in [-0.4, -0.2) is 4.70 Å². The molecule has 2 aromatic carbocycles. The fourth-order valence-corrected chi connectivity index (χ4v) is 8.37. The molecule has 50 heavy (non-hydrogen) atoms. The van der Waals surface area contributed by atoms with E-state index in [-0.39, 0.29) is 0 Å². The molecular formula is C48H76N2. The Kier molecular flexibility index (Phi) is 19.4. The monoisotopic (exact) mass is 681 g/mol. The number of hydrogen-bond donors (Lipinski definition) is 0. The molecule has 0 atom stereocenters. The summed E-state index contributed by atoms with van der Waals surface area (Å²) >= 11 is 0. The standard InChI is InChI=1S/C48H76N2/c1-9-17-22-28-39-35-42(36-40(29-23-18-10-2)44(39)32-24-19-11-3)48-46(31-21-13-5)45(30-20-12-4)47(50(48)49)41-33-37(25-14-6)43(27-16-8)38(34-41)26-15-7/h33-36H,9-32H2,1-8H3. The Labute approximate surface area is 310 Å². The van der Waals surface area contributed by atoms with E-state index in [1.165, 1.54) is 104 Å². The van der Waals surface area contributed by atoms with Gasteiger partial charge < -0.3 is 5.53 Å². The summed E-state index contributed by atoms with van der Waals surface area (Å²) in [5.41, 5.74) is 29.4. The fourth-order valence-electron chi connectivity index (χ4n) is 8.37. The quantitative estimate of drug-likeness (QED) is 0.0698. The molecule has 0 aromatic heterocycles. The molecular weight excluding hydrogens is 605 g/mol. The van der Waals surface area contributed by atoms with E-state index < -0.39 is 0 Å². The van der Waals surface area contributed by atoms with Crippen LogP contribution in [0.1, 0.15) is 215 Å². The summed E-state index contributed by atoms with van der Waals surface area (Å²) in [5, 5.41) is 0. The number of unbranched alkanes of at least 4 members (excludes halogenated alkanes) is 8. The lowest BCUT2D eigenvalue weighted by Gasteiger charge is -2.20. The molecule has 0 bridgehead atoms. The van der Waals surface area contributed by atoms with Crippen molar-refractivity contribution in [3.63, 3.8) is 0 Å². The Morgan fingerprint density at radius 3 is 1.06 bits per heavy atom. The number of allylic oxidation sites excluding steroid dienone is 2. The molecule has 0 saturated carbocycles. The fraction of sp³-hybridized carbons (Fsp3) is 0.667. The summed E-state index contributed by atoms with van der Waals surface area (Å²) in [7, 11) is 0. The van der Waals surface area contributed by atoms with E-state index in [2.05, 4.69) is 79.7 Å². The van der Waals surface area contributed by atoms with Crippen LogP contribution in [0.2, 0.25) is 0 Å². The van der Waals surface area contributed by atoms with Gasteiger partial charge in [0.1, 0.15) is 0 Å². The average molecular weight is 681 g/mol. The SMILES string of the molecule is CCCCCc1cc(C2=C(CCCC)C(CCCC)=C(c3cc(CCC)c(CCC)c(CCC)c3)[N+]2=[N-])cc(CCCCC)c1CCCCC. The Morgan fingerprint density at radius 2 is 0.700 bits per heavy atom. The van der Waals surface area contributed by atoms with Gasteiger partial charge in [0.25, 0.3) is 0 Å². The smallest absolute Gasteiger partial charge is 0.211 e. The van der Waals surface area contributed by atoms with Crippen molar-refractivity contribution in [1.29, 1.82) is 0 Å². The zero-order chi connectivity index (χ0) is 36.3. The molecule has 1 heterocycles. The lowest BCUT2D eigenvalue weighted by molar-refractivity contribution is -0.345. The molecule has 0 saturated heterocycles. The van der Waals surface area contributed by atoms with Crippen LogP contribution in [0.3, 0.4) is 0 Å². The van der Waals surface area contributed by atoms with Crippen molar-refractivity contribution in [3.05, 3.63) is 85.5 Å². The number of nitrogens with zero attached hydrogens (tertiary/aromatic N) is 2. The van der Waals surface area contributed by atoms with Crippen LogP contribution >= 0.6 is 0 Å². The molecule has 2 heteroatoms. The summed E-state index contributed by atoms with van der Waals surface area (Å²) in [6.45, 7) is 18.5. The molecule has 0 unspecified atom stereocenters. The van der Waals surface area contributed by atoms with Crippen LogP contribution in [0.4, 0.5) is 0 Å². The van der Waals surface area contributed by atoms with Gasteiger partial charge in [0.15, 0.2) is 0 Å². The van der Waals surface area contributed by atoms with Crippen molar-refractivity contribution in [3.8, 4) is 0 Å². The second-order valence-corrected chi connectivity index (χ2v) is 15.3. The van der Waals surface area contributed by atoms with Crippen LogP contribution in [0.25, 0.3) is 16.9 Å². The molecule has 0 spiro atoms. The highest BCUT2D eigenvalue weighted by Gasteiger charge is 2.36. The minimum atomic E-state index is 1.02. The molecule has 3 rings (SSSR count). The zero-order valence-corrected chi connectivity index (χ0v) is 34.2. The number of hydrogen-bond acceptors (Lipinski definition) is 0. The highest BCUT2D eigenvalue weighted by Crippen LogP contribution is 2.46. The first kappa shape index (κ1) is 41.9. The van der Waals surface area contributed by atoms with E-state index in [1.807, 2.05) is 0 Å². The van der Waals surface area contributed by atoms with E-state index in [0.717, 1.165) is 94.9 Å². The Hall–Kier alpha value is -2.48. The van der Waals surface area contributed by atoms with Gasteiger partial charge >= 0.3 is 0 Å². The number of aryl methyl sites for hydroxylation is 4. The first-order valence-corrected chi connectivity index (χ1v) is 21.7. The minimum absolute atomic E-state index is 1.02. The molecule has 0 fully saturated rings. The summed E-state index contributed by atoms with van der Waals surface area (Å²) in [6, 6.07) is 10.0. The van der Waals surface area contributed by atoms with Crippen molar-refractivity contribution < 1.29 is 4.70 Å². The van der Waals surface area contributed by atoms with Gasteiger partial charge in [-0.25, -0.2) is 4.70 Å². The summed E-state index contributed by atoms with van der Waals surface area (Å²) in [4.78, 5) is 0. The molecule has 1 aliphatic rings. The van der Waals surface area contributed by atoms with Gasteiger partial charge in [-0.15, -0.1) is 0 Å². The minimum Gasteiger partial charge on any atom is -0.493 e. The van der Waals surface area contributed by atoms with Crippen LogP contribution in [0.15, 0.2) is 35.4 Å². The number of rotatable bonds is 26. The first-order chi connectivity index (χ1) is 24.4. The van der Waals surface area contributed by atoms with Gasteiger partial charge in [-0.2, -0.15) is 0 Å². The third-order valence-electron chi connectivity index (χ3n) is 11.0. The largest absolute Gasteiger partial charge is 0.493 e. The maximum Gasteiger partial charge on any atom is 0.211 e. The molecule has 278 valence electrons. The highest BCUT2D eigenvalue weighted by molar-refractivity contribution is 5.83. The highest BCUT2D eigenvalue weighted by atomic mass is 15.2. The van der Waals surface area contributed by atoms with Gasteiger partial charge in [-0.05, 0) is 141 Å². The van der Waals surface area contributed by atoms with Crippen molar-refractivity contribution >= 4 is 11.4 Å². The van der Waals surface area contributed by atoms with Gasteiger partial charge in [0.2, 0.25) is 11.4 Å². The normalized spacial score (nSPS) is 13.4. The van der Waals surface area contributed by atoms with Crippen LogP contribution in [-0.2, 0) is 38.5 Å². The van der Waals surface area contributed by atoms with Crippen molar-refractivity contribution in [2.75, 3.05) is 0 Å². The lowest BCUT2D eigenvalue weighted by atomic mass is 9.86. The van der Waals surface area contributed by atoms with Gasteiger partial charge in [0, 0.05) is 22.3 Å². The molecule has 0 N–H and O–H groups in total. The Bertz CT molecular complexity index is 1350.